The summed E-state index contributed by atoms with van der Waals surface area (Å²) in [6, 6.07) is 3.50. The third-order valence-electron chi connectivity index (χ3n) is 2.86. The molecule has 1 unspecified atom stereocenters. The fraction of sp³-hybridized carbons (Fsp3) is 0.286. The highest BCUT2D eigenvalue weighted by atomic mass is 19.3. The normalized spacial score (nSPS) is 12.3. The number of nitrogens with zero attached hydrogens (tertiary/aromatic N) is 2. The highest BCUT2D eigenvalue weighted by Crippen LogP contribution is 2.25. The topological polar surface area (TPSA) is 47.0 Å². The maximum absolute atomic E-state index is 13.6. The lowest BCUT2D eigenvalue weighted by molar-refractivity contribution is -0.0521. The number of aromatic nitrogens is 2. The minimum absolute atomic E-state index is 0.208. The number of hydrogen-bond donors (Lipinski definition) is 1. The lowest BCUT2D eigenvalue weighted by atomic mass is 10.1. The molecule has 0 saturated heterocycles. The number of nitrogens with one attached hydrogen (secondary N) is 1. The fourth-order valence-corrected chi connectivity index (χ4v) is 1.94. The van der Waals surface area contributed by atoms with Crippen molar-refractivity contribution in [2.45, 2.75) is 26.5 Å². The third kappa shape index (κ3) is 3.84. The zero-order chi connectivity index (χ0) is 15.4. The summed E-state index contributed by atoms with van der Waals surface area (Å²) in [5, 5.41) is 3.03. The maximum Gasteiger partial charge on any atom is 0.387 e. The average molecular weight is 297 g/mol. The van der Waals surface area contributed by atoms with Gasteiger partial charge in [0, 0.05) is 24.1 Å². The van der Waals surface area contributed by atoms with Crippen molar-refractivity contribution in [1.29, 1.82) is 0 Å². The van der Waals surface area contributed by atoms with E-state index in [4.69, 9.17) is 0 Å². The van der Waals surface area contributed by atoms with Crippen LogP contribution in [0.1, 0.15) is 24.4 Å². The third-order valence-corrected chi connectivity index (χ3v) is 2.86. The maximum atomic E-state index is 13.6. The molecule has 0 saturated carbocycles. The van der Waals surface area contributed by atoms with Crippen LogP contribution in [0.5, 0.6) is 5.75 Å². The Morgan fingerprint density at radius 3 is 2.52 bits per heavy atom. The van der Waals surface area contributed by atoms with Gasteiger partial charge in [-0.05, 0) is 26.0 Å². The summed E-state index contributed by atoms with van der Waals surface area (Å²) in [6.07, 6.45) is 3.16. The molecule has 0 aliphatic heterocycles. The van der Waals surface area contributed by atoms with E-state index in [0.29, 0.717) is 5.69 Å². The Hall–Kier alpha value is -2.31. The van der Waals surface area contributed by atoms with Gasteiger partial charge in [0.25, 0.3) is 0 Å². The Balaban J connectivity index is 2.13. The Kier molecular flexibility index (Phi) is 4.62. The smallest absolute Gasteiger partial charge is 0.387 e. The van der Waals surface area contributed by atoms with Gasteiger partial charge in [-0.2, -0.15) is 8.78 Å². The Labute approximate surface area is 120 Å². The first-order valence-electron chi connectivity index (χ1n) is 6.25. The first kappa shape index (κ1) is 15.1. The molecule has 1 heterocycles. The van der Waals surface area contributed by atoms with E-state index < -0.39 is 18.2 Å². The quantitative estimate of drug-likeness (QED) is 0.914. The van der Waals surface area contributed by atoms with Gasteiger partial charge in [-0.1, -0.05) is 0 Å². The molecule has 0 amide bonds. The number of benzene rings is 1. The van der Waals surface area contributed by atoms with Crippen molar-refractivity contribution in [1.82, 2.24) is 9.97 Å². The van der Waals surface area contributed by atoms with E-state index in [0.717, 1.165) is 23.5 Å². The van der Waals surface area contributed by atoms with Crippen molar-refractivity contribution >= 4 is 5.69 Å². The molecule has 0 aliphatic rings. The Morgan fingerprint density at radius 2 is 1.90 bits per heavy atom. The first-order valence-corrected chi connectivity index (χ1v) is 6.25. The predicted octanol–water partition coefficient (Wildman–Crippen LogP) is 3.70. The molecule has 1 atom stereocenters. The van der Waals surface area contributed by atoms with Crippen molar-refractivity contribution in [2.24, 2.45) is 0 Å². The molecule has 0 bridgehead atoms. The van der Waals surface area contributed by atoms with E-state index in [1.807, 2.05) is 13.8 Å². The minimum atomic E-state index is -3.06. The predicted molar refractivity (Wildman–Crippen MR) is 71.8 cm³/mol. The summed E-state index contributed by atoms with van der Waals surface area (Å²) in [7, 11) is 0. The molecule has 21 heavy (non-hydrogen) atoms. The monoisotopic (exact) mass is 297 g/mol. The van der Waals surface area contributed by atoms with Crippen LogP contribution < -0.4 is 10.1 Å². The van der Waals surface area contributed by atoms with Crippen LogP contribution in [0.3, 0.4) is 0 Å². The second-order valence-corrected chi connectivity index (χ2v) is 4.42. The summed E-state index contributed by atoms with van der Waals surface area (Å²) >= 11 is 0. The Bertz CT molecular complexity index is 622. The second-order valence-electron chi connectivity index (χ2n) is 4.42. The number of halogens is 3. The molecule has 0 aliphatic carbocycles. The van der Waals surface area contributed by atoms with Crippen LogP contribution in [0.15, 0.2) is 30.6 Å². The van der Waals surface area contributed by atoms with Crippen LogP contribution in [0, 0.1) is 12.7 Å². The van der Waals surface area contributed by atoms with Gasteiger partial charge in [-0.25, -0.2) is 4.39 Å². The molecule has 0 fully saturated rings. The van der Waals surface area contributed by atoms with Crippen LogP contribution in [0.25, 0.3) is 0 Å². The summed E-state index contributed by atoms with van der Waals surface area (Å²) in [5.41, 5.74) is 1.92. The lowest BCUT2D eigenvalue weighted by Gasteiger charge is -2.16. The van der Waals surface area contributed by atoms with E-state index in [2.05, 4.69) is 20.0 Å². The zero-order valence-corrected chi connectivity index (χ0v) is 11.5. The SMILES string of the molecule is Cc1nccnc1C(C)Nc1ccc(OC(F)F)c(F)c1. The molecule has 1 N–H and O–H groups in total. The van der Waals surface area contributed by atoms with Gasteiger partial charge < -0.3 is 10.1 Å². The van der Waals surface area contributed by atoms with Gasteiger partial charge >= 0.3 is 6.61 Å². The van der Waals surface area contributed by atoms with Gasteiger partial charge in [-0.3, -0.25) is 9.97 Å². The van der Waals surface area contributed by atoms with Crippen molar-refractivity contribution in [3.63, 3.8) is 0 Å². The van der Waals surface area contributed by atoms with Crippen LogP contribution in [-0.4, -0.2) is 16.6 Å². The molecular weight excluding hydrogens is 283 g/mol. The lowest BCUT2D eigenvalue weighted by Crippen LogP contribution is -2.11. The van der Waals surface area contributed by atoms with Crippen molar-refractivity contribution in [3.8, 4) is 5.75 Å². The standard InChI is InChI=1S/C14H14F3N3O/c1-8-13(19-6-5-18-8)9(2)20-10-3-4-12(11(15)7-10)21-14(16)17/h3-7,9,14,20H,1-2H3. The van der Waals surface area contributed by atoms with E-state index in [9.17, 15) is 13.2 Å². The molecule has 0 radical (unpaired) electrons. The molecule has 2 aromatic rings. The van der Waals surface area contributed by atoms with Crippen LogP contribution in [-0.2, 0) is 0 Å². The molecule has 0 spiro atoms. The first-order chi connectivity index (χ1) is 9.97. The number of ether oxygens (including phenoxy) is 1. The van der Waals surface area contributed by atoms with Crippen molar-refractivity contribution in [2.75, 3.05) is 5.32 Å². The highest BCUT2D eigenvalue weighted by Gasteiger charge is 2.13. The Morgan fingerprint density at radius 1 is 1.19 bits per heavy atom. The van der Waals surface area contributed by atoms with Gasteiger partial charge in [0.05, 0.1) is 17.4 Å². The van der Waals surface area contributed by atoms with E-state index in [-0.39, 0.29) is 6.04 Å². The van der Waals surface area contributed by atoms with Crippen molar-refractivity contribution in [3.05, 3.63) is 47.8 Å². The van der Waals surface area contributed by atoms with Crippen LogP contribution >= 0.6 is 0 Å². The largest absolute Gasteiger partial charge is 0.432 e. The molecular formula is C14H14F3N3O. The minimum Gasteiger partial charge on any atom is -0.432 e. The molecule has 112 valence electrons. The number of alkyl halides is 2. The number of anilines is 1. The number of rotatable bonds is 5. The molecule has 7 heteroatoms. The fourth-order valence-electron chi connectivity index (χ4n) is 1.94. The number of aryl methyl sites for hydroxylation is 1. The van der Waals surface area contributed by atoms with Gasteiger partial charge in [0.15, 0.2) is 11.6 Å². The molecule has 1 aromatic heterocycles. The van der Waals surface area contributed by atoms with Gasteiger partial charge in [0.2, 0.25) is 0 Å². The summed E-state index contributed by atoms with van der Waals surface area (Å²) in [6.45, 7) is 0.610. The van der Waals surface area contributed by atoms with Gasteiger partial charge in [0.1, 0.15) is 0 Å². The van der Waals surface area contributed by atoms with Crippen LogP contribution in [0.2, 0.25) is 0 Å². The second kappa shape index (κ2) is 6.43. The van der Waals surface area contributed by atoms with Crippen LogP contribution in [0.4, 0.5) is 18.9 Å². The summed E-state index contributed by atoms with van der Waals surface area (Å²) in [4.78, 5) is 8.34. The van der Waals surface area contributed by atoms with Gasteiger partial charge in [-0.15, -0.1) is 0 Å². The average Bonchev–Trinajstić information content (AvgIpc) is 2.42. The summed E-state index contributed by atoms with van der Waals surface area (Å²) < 4.78 is 41.8. The highest BCUT2D eigenvalue weighted by molar-refractivity contribution is 5.48. The van der Waals surface area contributed by atoms with E-state index >= 15 is 0 Å². The van der Waals surface area contributed by atoms with E-state index in [1.165, 1.54) is 6.07 Å². The molecule has 1 aromatic carbocycles. The molecule has 4 nitrogen and oxygen atoms in total. The summed E-state index contributed by atoms with van der Waals surface area (Å²) in [5.74, 6) is -1.35. The number of hydrogen-bond acceptors (Lipinski definition) is 4. The van der Waals surface area contributed by atoms with Crippen molar-refractivity contribution < 1.29 is 17.9 Å². The van der Waals surface area contributed by atoms with E-state index in [1.54, 1.807) is 12.4 Å². The zero-order valence-electron chi connectivity index (χ0n) is 11.5. The molecule has 2 rings (SSSR count).